The molecule has 7 heteroatoms. The Morgan fingerprint density at radius 3 is 2.42 bits per heavy atom. The summed E-state index contributed by atoms with van der Waals surface area (Å²) < 4.78 is 4.64. The van der Waals surface area contributed by atoms with Crippen molar-refractivity contribution in [2.45, 2.75) is 0 Å². The number of amides is 1. The van der Waals surface area contributed by atoms with Crippen molar-refractivity contribution in [2.75, 3.05) is 23.1 Å². The standard InChI is InChI=1S/C19H15N3O3S/c1-25-19(24)16(11-20)18-22(17(23)12-26-18)15-9-7-14(8-10-15)21-13-5-3-2-4-6-13/h2-10,21H,12H2,1H3. The fourth-order valence-electron chi connectivity index (χ4n) is 2.48. The van der Waals surface area contributed by atoms with E-state index in [1.165, 1.54) is 12.0 Å². The number of carbonyl (C=O) groups is 2. The molecule has 130 valence electrons. The summed E-state index contributed by atoms with van der Waals surface area (Å²) in [6.07, 6.45) is 0. The van der Waals surface area contributed by atoms with Crippen LogP contribution in [0, 0.1) is 11.3 Å². The maximum Gasteiger partial charge on any atom is 0.351 e. The molecule has 6 nitrogen and oxygen atoms in total. The average molecular weight is 365 g/mol. The maximum absolute atomic E-state index is 12.3. The van der Waals surface area contributed by atoms with Crippen LogP contribution in [0.5, 0.6) is 0 Å². The van der Waals surface area contributed by atoms with E-state index >= 15 is 0 Å². The average Bonchev–Trinajstić information content (AvgIpc) is 3.05. The van der Waals surface area contributed by atoms with Gasteiger partial charge < -0.3 is 10.1 Å². The molecule has 0 bridgehead atoms. The van der Waals surface area contributed by atoms with Crippen molar-refractivity contribution < 1.29 is 14.3 Å². The molecule has 2 aromatic rings. The molecule has 1 N–H and O–H groups in total. The van der Waals surface area contributed by atoms with Crippen LogP contribution in [0.2, 0.25) is 0 Å². The van der Waals surface area contributed by atoms with E-state index < -0.39 is 5.97 Å². The van der Waals surface area contributed by atoms with Gasteiger partial charge in [-0.15, -0.1) is 0 Å². The monoisotopic (exact) mass is 365 g/mol. The molecule has 3 rings (SSSR count). The zero-order chi connectivity index (χ0) is 18.5. The van der Waals surface area contributed by atoms with Crippen LogP contribution >= 0.6 is 11.8 Å². The van der Waals surface area contributed by atoms with Gasteiger partial charge in [0, 0.05) is 17.1 Å². The van der Waals surface area contributed by atoms with E-state index in [-0.39, 0.29) is 17.2 Å². The molecule has 0 radical (unpaired) electrons. The smallest absolute Gasteiger partial charge is 0.351 e. The molecule has 1 saturated heterocycles. The number of methoxy groups -OCH3 is 1. The summed E-state index contributed by atoms with van der Waals surface area (Å²) in [7, 11) is 1.20. The summed E-state index contributed by atoms with van der Waals surface area (Å²) in [5.41, 5.74) is 2.23. The van der Waals surface area contributed by atoms with Crippen LogP contribution in [0.4, 0.5) is 17.1 Å². The molecular formula is C19H15N3O3S. The quantitative estimate of drug-likeness (QED) is 0.508. The number of para-hydroxylation sites is 1. The minimum Gasteiger partial charge on any atom is -0.465 e. The van der Waals surface area contributed by atoms with Gasteiger partial charge in [0.2, 0.25) is 5.91 Å². The lowest BCUT2D eigenvalue weighted by molar-refractivity contribution is -0.135. The summed E-state index contributed by atoms with van der Waals surface area (Å²) in [6, 6.07) is 18.7. The van der Waals surface area contributed by atoms with Gasteiger partial charge >= 0.3 is 5.97 Å². The second-order valence-corrected chi connectivity index (χ2v) is 6.30. The van der Waals surface area contributed by atoms with E-state index in [4.69, 9.17) is 0 Å². The predicted octanol–water partition coefficient (Wildman–Crippen LogP) is 3.42. The minimum absolute atomic E-state index is 0.168. The van der Waals surface area contributed by atoms with Gasteiger partial charge in [0.15, 0.2) is 5.57 Å². The van der Waals surface area contributed by atoms with Gasteiger partial charge in [0.25, 0.3) is 0 Å². The van der Waals surface area contributed by atoms with E-state index in [1.807, 2.05) is 48.5 Å². The second kappa shape index (κ2) is 7.76. The van der Waals surface area contributed by atoms with E-state index in [0.717, 1.165) is 23.1 Å². The molecular weight excluding hydrogens is 350 g/mol. The van der Waals surface area contributed by atoms with Gasteiger partial charge in [0.05, 0.1) is 12.9 Å². The highest BCUT2D eigenvalue weighted by atomic mass is 32.2. The van der Waals surface area contributed by atoms with Crippen LogP contribution in [-0.2, 0) is 14.3 Å². The largest absolute Gasteiger partial charge is 0.465 e. The molecule has 0 aromatic heterocycles. The van der Waals surface area contributed by atoms with E-state index in [9.17, 15) is 14.9 Å². The van der Waals surface area contributed by atoms with Crippen molar-refractivity contribution >= 4 is 40.7 Å². The van der Waals surface area contributed by atoms with Crippen LogP contribution in [-0.4, -0.2) is 24.7 Å². The third-order valence-corrected chi connectivity index (χ3v) is 4.74. The normalized spacial score (nSPS) is 15.4. The first-order valence-electron chi connectivity index (χ1n) is 7.74. The number of hydrogen-bond donors (Lipinski definition) is 1. The van der Waals surface area contributed by atoms with Crippen molar-refractivity contribution in [1.82, 2.24) is 0 Å². The predicted molar refractivity (Wildman–Crippen MR) is 101 cm³/mol. The van der Waals surface area contributed by atoms with Crippen molar-refractivity contribution in [3.63, 3.8) is 0 Å². The number of hydrogen-bond acceptors (Lipinski definition) is 6. The zero-order valence-corrected chi connectivity index (χ0v) is 14.7. The maximum atomic E-state index is 12.3. The van der Waals surface area contributed by atoms with Crippen LogP contribution in [0.15, 0.2) is 65.2 Å². The van der Waals surface area contributed by atoms with E-state index in [0.29, 0.717) is 10.7 Å². The molecule has 0 unspecified atom stereocenters. The summed E-state index contributed by atoms with van der Waals surface area (Å²) in [6.45, 7) is 0. The molecule has 1 aliphatic heterocycles. The second-order valence-electron chi connectivity index (χ2n) is 5.34. The third kappa shape index (κ3) is 3.55. The van der Waals surface area contributed by atoms with Crippen molar-refractivity contribution in [3.8, 4) is 6.07 Å². The van der Waals surface area contributed by atoms with Gasteiger partial charge in [-0.1, -0.05) is 30.0 Å². The number of ether oxygens (including phenoxy) is 1. The van der Waals surface area contributed by atoms with Crippen LogP contribution in [0.25, 0.3) is 0 Å². The Labute approximate surface area is 155 Å². The molecule has 0 spiro atoms. The lowest BCUT2D eigenvalue weighted by Crippen LogP contribution is -2.25. The van der Waals surface area contributed by atoms with Crippen LogP contribution in [0.3, 0.4) is 0 Å². The minimum atomic E-state index is -0.753. The third-order valence-electron chi connectivity index (χ3n) is 3.69. The SMILES string of the molecule is COC(=O)C(C#N)=C1SCC(=O)N1c1ccc(Nc2ccccc2)cc1. The van der Waals surface area contributed by atoms with Gasteiger partial charge in [0.1, 0.15) is 11.1 Å². The number of nitrogens with zero attached hydrogens (tertiary/aromatic N) is 2. The highest BCUT2D eigenvalue weighted by molar-refractivity contribution is 8.04. The summed E-state index contributed by atoms with van der Waals surface area (Å²) in [5.74, 6) is -0.774. The molecule has 26 heavy (non-hydrogen) atoms. The molecule has 0 saturated carbocycles. The fourth-order valence-corrected chi connectivity index (χ4v) is 3.48. The highest BCUT2D eigenvalue weighted by Crippen LogP contribution is 2.36. The highest BCUT2D eigenvalue weighted by Gasteiger charge is 2.33. The lowest BCUT2D eigenvalue weighted by atomic mass is 10.2. The molecule has 0 atom stereocenters. The van der Waals surface area contributed by atoms with E-state index in [1.54, 1.807) is 12.1 Å². The molecule has 2 aromatic carbocycles. The first-order chi connectivity index (χ1) is 12.6. The van der Waals surface area contributed by atoms with Crippen molar-refractivity contribution in [1.29, 1.82) is 5.26 Å². The van der Waals surface area contributed by atoms with Crippen molar-refractivity contribution in [3.05, 3.63) is 65.2 Å². The van der Waals surface area contributed by atoms with Crippen LogP contribution < -0.4 is 10.2 Å². The number of carbonyl (C=O) groups excluding carboxylic acids is 2. The summed E-state index contributed by atoms with van der Waals surface area (Å²) in [4.78, 5) is 25.5. The van der Waals surface area contributed by atoms with Gasteiger partial charge in [-0.3, -0.25) is 9.69 Å². The number of nitrogens with one attached hydrogen (secondary N) is 1. The topological polar surface area (TPSA) is 82.4 Å². The number of esters is 1. The Balaban J connectivity index is 1.89. The first-order valence-corrected chi connectivity index (χ1v) is 8.73. The Bertz CT molecular complexity index is 902. The number of benzene rings is 2. The molecule has 1 aliphatic rings. The number of nitriles is 1. The van der Waals surface area contributed by atoms with Crippen LogP contribution in [0.1, 0.15) is 0 Å². The van der Waals surface area contributed by atoms with Gasteiger partial charge in [-0.2, -0.15) is 5.26 Å². The first kappa shape index (κ1) is 17.6. The van der Waals surface area contributed by atoms with Gasteiger partial charge in [-0.05, 0) is 36.4 Å². The fraction of sp³-hybridized carbons (Fsp3) is 0.105. The Morgan fingerprint density at radius 1 is 1.15 bits per heavy atom. The number of thioether (sulfide) groups is 1. The summed E-state index contributed by atoms with van der Waals surface area (Å²) >= 11 is 1.15. The number of anilines is 3. The Kier molecular flexibility index (Phi) is 5.25. The molecule has 1 heterocycles. The van der Waals surface area contributed by atoms with E-state index in [2.05, 4.69) is 10.1 Å². The lowest BCUT2D eigenvalue weighted by Gasteiger charge is -2.18. The molecule has 0 aliphatic carbocycles. The Hall–Kier alpha value is -3.24. The number of rotatable bonds is 4. The Morgan fingerprint density at radius 2 is 1.81 bits per heavy atom. The molecule has 1 amide bonds. The van der Waals surface area contributed by atoms with Gasteiger partial charge in [-0.25, -0.2) is 4.79 Å². The zero-order valence-electron chi connectivity index (χ0n) is 13.9. The summed E-state index contributed by atoms with van der Waals surface area (Å²) in [5, 5.41) is 12.8. The van der Waals surface area contributed by atoms with Crippen molar-refractivity contribution in [2.24, 2.45) is 0 Å². The molecule has 1 fully saturated rings.